The zero-order valence-electron chi connectivity index (χ0n) is 11.0. The molecule has 0 aliphatic heterocycles. The summed E-state index contributed by atoms with van der Waals surface area (Å²) in [4.78, 5) is 0.119. The minimum atomic E-state index is -3.69. The third-order valence-electron chi connectivity index (χ3n) is 2.96. The number of rotatable bonds is 5. The van der Waals surface area contributed by atoms with E-state index in [9.17, 15) is 8.42 Å². The number of nitrogens with zero attached hydrogens (tertiary/aromatic N) is 2. The van der Waals surface area contributed by atoms with Crippen molar-refractivity contribution in [3.8, 4) is 0 Å². The first kappa shape index (κ1) is 14.1. The van der Waals surface area contributed by atoms with Crippen molar-refractivity contribution in [1.29, 1.82) is 0 Å². The molecule has 2 N–H and O–H groups in total. The van der Waals surface area contributed by atoms with Crippen molar-refractivity contribution in [2.75, 3.05) is 10.0 Å². The highest BCUT2D eigenvalue weighted by molar-refractivity contribution is 7.92. The summed E-state index contributed by atoms with van der Waals surface area (Å²) < 4.78 is 26.7. The molecule has 0 bridgehead atoms. The van der Waals surface area contributed by atoms with E-state index in [1.165, 1.54) is 24.3 Å². The lowest BCUT2D eigenvalue weighted by molar-refractivity contribution is 0.601. The van der Waals surface area contributed by atoms with E-state index < -0.39 is 10.0 Å². The molecule has 0 radical (unpaired) electrons. The van der Waals surface area contributed by atoms with Crippen LogP contribution in [0.2, 0.25) is 5.02 Å². The van der Waals surface area contributed by atoms with E-state index in [1.54, 1.807) is 12.1 Å². The summed E-state index contributed by atoms with van der Waals surface area (Å²) in [5, 5.41) is 11.5. The molecule has 110 valence electrons. The molecule has 0 unspecified atom stereocenters. The third-order valence-corrected chi connectivity index (χ3v) is 4.58. The Kier molecular flexibility index (Phi) is 3.69. The van der Waals surface area contributed by atoms with E-state index in [0.717, 1.165) is 12.8 Å². The largest absolute Gasteiger partial charge is 0.366 e. The Balaban J connectivity index is 1.73. The molecule has 1 aliphatic carbocycles. The Morgan fingerprint density at radius 1 is 1.00 bits per heavy atom. The molecule has 2 aromatic rings. The molecule has 1 heterocycles. The number of aromatic nitrogens is 2. The Morgan fingerprint density at radius 2 is 1.62 bits per heavy atom. The Hall–Kier alpha value is -1.86. The van der Waals surface area contributed by atoms with Gasteiger partial charge in [-0.05, 0) is 49.2 Å². The van der Waals surface area contributed by atoms with Gasteiger partial charge in [0.25, 0.3) is 10.0 Å². The maximum Gasteiger partial charge on any atom is 0.263 e. The second-order valence-electron chi connectivity index (χ2n) is 4.78. The molecule has 1 aliphatic rings. The predicted octanol–water partition coefficient (Wildman–Crippen LogP) is 2.51. The van der Waals surface area contributed by atoms with Crippen LogP contribution in [0.25, 0.3) is 0 Å². The van der Waals surface area contributed by atoms with Gasteiger partial charge in [0.1, 0.15) is 5.82 Å². The average molecular weight is 325 g/mol. The lowest BCUT2D eigenvalue weighted by atomic mass is 10.4. The monoisotopic (exact) mass is 324 g/mol. The average Bonchev–Trinajstić information content (AvgIpc) is 3.25. The fourth-order valence-electron chi connectivity index (χ4n) is 1.71. The summed E-state index contributed by atoms with van der Waals surface area (Å²) in [7, 11) is -3.69. The maximum absolute atomic E-state index is 12.1. The molecule has 3 rings (SSSR count). The molecule has 0 spiro atoms. The minimum absolute atomic E-state index is 0.119. The van der Waals surface area contributed by atoms with Crippen LogP contribution in [-0.2, 0) is 10.0 Å². The molecule has 1 aromatic carbocycles. The molecule has 1 saturated carbocycles. The first-order valence-electron chi connectivity index (χ1n) is 6.41. The number of benzene rings is 1. The fourth-order valence-corrected chi connectivity index (χ4v) is 2.83. The zero-order chi connectivity index (χ0) is 14.9. The lowest BCUT2D eigenvalue weighted by Gasteiger charge is -2.08. The summed E-state index contributed by atoms with van der Waals surface area (Å²) in [6, 6.07) is 9.64. The second-order valence-corrected chi connectivity index (χ2v) is 6.90. The topological polar surface area (TPSA) is 84.0 Å². The van der Waals surface area contributed by atoms with Gasteiger partial charge in [-0.25, -0.2) is 8.42 Å². The van der Waals surface area contributed by atoms with Crippen molar-refractivity contribution in [2.45, 2.75) is 23.8 Å². The van der Waals surface area contributed by atoms with Gasteiger partial charge in [0.2, 0.25) is 0 Å². The number of sulfonamides is 1. The van der Waals surface area contributed by atoms with Gasteiger partial charge in [0.15, 0.2) is 5.82 Å². The van der Waals surface area contributed by atoms with Crippen LogP contribution in [0, 0.1) is 0 Å². The van der Waals surface area contributed by atoms with Crippen LogP contribution >= 0.6 is 11.6 Å². The lowest BCUT2D eigenvalue weighted by Crippen LogP contribution is -2.14. The van der Waals surface area contributed by atoms with Gasteiger partial charge in [-0.15, -0.1) is 10.2 Å². The molecule has 1 fully saturated rings. The summed E-state index contributed by atoms with van der Waals surface area (Å²) in [5.74, 6) is 0.818. The number of halogens is 1. The van der Waals surface area contributed by atoms with E-state index in [0.29, 0.717) is 16.9 Å². The number of hydrogen-bond acceptors (Lipinski definition) is 5. The highest BCUT2D eigenvalue weighted by Gasteiger charge is 2.21. The van der Waals surface area contributed by atoms with Crippen LogP contribution in [0.4, 0.5) is 11.6 Å². The summed E-state index contributed by atoms with van der Waals surface area (Å²) in [6.07, 6.45) is 2.26. The third kappa shape index (κ3) is 3.62. The van der Waals surface area contributed by atoms with Crippen molar-refractivity contribution in [3.63, 3.8) is 0 Å². The smallest absolute Gasteiger partial charge is 0.263 e. The van der Waals surface area contributed by atoms with Gasteiger partial charge < -0.3 is 5.32 Å². The van der Waals surface area contributed by atoms with Crippen LogP contribution < -0.4 is 10.0 Å². The first-order chi connectivity index (χ1) is 10.0. The molecular formula is C13H13ClN4O2S. The predicted molar refractivity (Wildman–Crippen MR) is 80.9 cm³/mol. The van der Waals surface area contributed by atoms with Gasteiger partial charge in [-0.1, -0.05) is 11.6 Å². The SMILES string of the molecule is O=S(=O)(Nc1ccc(NC2CC2)nn1)c1ccc(Cl)cc1. The van der Waals surface area contributed by atoms with Gasteiger partial charge in [0, 0.05) is 11.1 Å². The highest BCUT2D eigenvalue weighted by Crippen LogP contribution is 2.23. The van der Waals surface area contributed by atoms with E-state index >= 15 is 0 Å². The highest BCUT2D eigenvalue weighted by atomic mass is 35.5. The molecule has 0 atom stereocenters. The van der Waals surface area contributed by atoms with Crippen molar-refractivity contribution in [1.82, 2.24) is 10.2 Å². The van der Waals surface area contributed by atoms with Gasteiger partial charge >= 0.3 is 0 Å². The molecule has 8 heteroatoms. The number of anilines is 2. The van der Waals surface area contributed by atoms with Crippen molar-refractivity contribution < 1.29 is 8.42 Å². The quantitative estimate of drug-likeness (QED) is 0.882. The molecule has 0 saturated heterocycles. The van der Waals surface area contributed by atoms with E-state index in [2.05, 4.69) is 20.2 Å². The van der Waals surface area contributed by atoms with E-state index in [4.69, 9.17) is 11.6 Å². The molecule has 6 nitrogen and oxygen atoms in total. The standard InChI is InChI=1S/C13H13ClN4O2S/c14-9-1-5-11(6-2-9)21(19,20)18-13-8-7-12(16-17-13)15-10-3-4-10/h1-2,5-8,10H,3-4H2,(H,15,16)(H,17,18). The maximum atomic E-state index is 12.1. The van der Waals surface area contributed by atoms with Gasteiger partial charge in [0.05, 0.1) is 4.90 Å². The summed E-state index contributed by atoms with van der Waals surface area (Å²) in [5.41, 5.74) is 0. The number of nitrogens with one attached hydrogen (secondary N) is 2. The van der Waals surface area contributed by atoms with Crippen LogP contribution in [0.1, 0.15) is 12.8 Å². The van der Waals surface area contributed by atoms with Crippen molar-refractivity contribution in [2.24, 2.45) is 0 Å². The zero-order valence-corrected chi connectivity index (χ0v) is 12.5. The summed E-state index contributed by atoms with van der Waals surface area (Å²) >= 11 is 5.74. The molecule has 21 heavy (non-hydrogen) atoms. The van der Waals surface area contributed by atoms with Crippen LogP contribution in [0.5, 0.6) is 0 Å². The van der Waals surface area contributed by atoms with Crippen LogP contribution in [0.3, 0.4) is 0 Å². The second kappa shape index (κ2) is 5.50. The van der Waals surface area contributed by atoms with Gasteiger partial charge in [-0.2, -0.15) is 0 Å². The molecule has 0 amide bonds. The number of hydrogen-bond donors (Lipinski definition) is 2. The summed E-state index contributed by atoms with van der Waals surface area (Å²) in [6.45, 7) is 0. The molecular weight excluding hydrogens is 312 g/mol. The van der Waals surface area contributed by atoms with Crippen molar-refractivity contribution in [3.05, 3.63) is 41.4 Å². The fraction of sp³-hybridized carbons (Fsp3) is 0.231. The van der Waals surface area contributed by atoms with Gasteiger partial charge in [-0.3, -0.25) is 4.72 Å². The Bertz CT molecular complexity index is 728. The van der Waals surface area contributed by atoms with E-state index in [1.807, 2.05) is 0 Å². The van der Waals surface area contributed by atoms with Crippen LogP contribution in [0.15, 0.2) is 41.3 Å². The first-order valence-corrected chi connectivity index (χ1v) is 8.28. The van der Waals surface area contributed by atoms with Crippen LogP contribution in [-0.4, -0.2) is 24.7 Å². The normalized spacial score (nSPS) is 14.7. The Labute approximate surface area is 127 Å². The Morgan fingerprint density at radius 3 is 2.19 bits per heavy atom. The van der Waals surface area contributed by atoms with Crippen molar-refractivity contribution >= 4 is 33.3 Å². The van der Waals surface area contributed by atoms with E-state index in [-0.39, 0.29) is 10.7 Å². The minimum Gasteiger partial charge on any atom is -0.366 e. The molecule has 1 aromatic heterocycles.